The highest BCUT2D eigenvalue weighted by Crippen LogP contribution is 2.22. The van der Waals surface area contributed by atoms with Gasteiger partial charge in [-0.25, -0.2) is 0 Å². The van der Waals surface area contributed by atoms with Gasteiger partial charge in [0.2, 0.25) is 18.2 Å². The molecule has 4 rings (SSSR count). The molecule has 2 heterocycles. The summed E-state index contributed by atoms with van der Waals surface area (Å²) in [4.78, 5) is 39.5. The Hall–Kier alpha value is -3.49. The SMILES string of the molecule is CN(Cc1ccccc1)C(=O)[C@H](Cc1cn(C=O)c2ccccc12)NC(=O)[C@@H]1C[C@@H](O)CN1. The molecule has 0 bridgehead atoms. The summed E-state index contributed by atoms with van der Waals surface area (Å²) >= 11 is 0. The van der Waals surface area contributed by atoms with Crippen LogP contribution in [0.5, 0.6) is 0 Å². The Balaban J connectivity index is 1.59. The minimum Gasteiger partial charge on any atom is -0.392 e. The van der Waals surface area contributed by atoms with E-state index >= 15 is 0 Å². The number of carbonyl (C=O) groups is 3. The van der Waals surface area contributed by atoms with Crippen molar-refractivity contribution in [3.05, 3.63) is 71.9 Å². The highest BCUT2D eigenvalue weighted by molar-refractivity contribution is 5.92. The number of nitrogens with one attached hydrogen (secondary N) is 2. The third kappa shape index (κ3) is 5.13. The number of nitrogens with zero attached hydrogens (tertiary/aromatic N) is 2. The number of aliphatic hydroxyl groups excluding tert-OH is 1. The van der Waals surface area contributed by atoms with Crippen LogP contribution in [0.2, 0.25) is 0 Å². The number of carbonyl (C=O) groups excluding carboxylic acids is 3. The van der Waals surface area contributed by atoms with Crippen LogP contribution < -0.4 is 10.6 Å². The molecule has 33 heavy (non-hydrogen) atoms. The highest BCUT2D eigenvalue weighted by Gasteiger charge is 2.32. The Morgan fingerprint density at radius 1 is 1.21 bits per heavy atom. The van der Waals surface area contributed by atoms with Gasteiger partial charge in [0.25, 0.3) is 0 Å². The molecule has 1 aliphatic rings. The lowest BCUT2D eigenvalue weighted by Crippen LogP contribution is -2.52. The van der Waals surface area contributed by atoms with E-state index in [2.05, 4.69) is 10.6 Å². The molecule has 2 aromatic carbocycles. The molecular formula is C25H28N4O4. The second-order valence-electron chi connectivity index (χ2n) is 8.48. The van der Waals surface area contributed by atoms with Crippen molar-refractivity contribution in [2.45, 2.75) is 37.6 Å². The van der Waals surface area contributed by atoms with Crippen LogP contribution in [0.4, 0.5) is 0 Å². The number of β-amino-alcohol motifs (C(OH)–C–C–N with tert-alkyl or cyclic N) is 1. The molecule has 0 unspecified atom stereocenters. The van der Waals surface area contributed by atoms with E-state index in [-0.39, 0.29) is 18.2 Å². The van der Waals surface area contributed by atoms with Crippen molar-refractivity contribution in [1.82, 2.24) is 20.1 Å². The zero-order chi connectivity index (χ0) is 23.4. The molecule has 8 nitrogen and oxygen atoms in total. The van der Waals surface area contributed by atoms with Gasteiger partial charge in [-0.2, -0.15) is 0 Å². The lowest BCUT2D eigenvalue weighted by Gasteiger charge is -2.26. The Labute approximate surface area is 192 Å². The Morgan fingerprint density at radius 2 is 1.94 bits per heavy atom. The molecule has 0 radical (unpaired) electrons. The minimum absolute atomic E-state index is 0.228. The number of rotatable bonds is 8. The summed E-state index contributed by atoms with van der Waals surface area (Å²) in [7, 11) is 1.71. The third-order valence-corrected chi connectivity index (χ3v) is 6.04. The number of aromatic nitrogens is 1. The molecule has 172 valence electrons. The molecule has 3 aromatic rings. The molecule has 0 spiro atoms. The van der Waals surface area contributed by atoms with Crippen molar-refractivity contribution in [3.63, 3.8) is 0 Å². The van der Waals surface area contributed by atoms with E-state index in [9.17, 15) is 19.5 Å². The molecule has 3 atom stereocenters. The molecular weight excluding hydrogens is 420 g/mol. The molecule has 1 fully saturated rings. The first-order chi connectivity index (χ1) is 16.0. The van der Waals surface area contributed by atoms with Crippen molar-refractivity contribution >= 4 is 29.1 Å². The smallest absolute Gasteiger partial charge is 0.245 e. The number of aliphatic hydroxyl groups is 1. The van der Waals surface area contributed by atoms with Crippen LogP contribution in [0, 0.1) is 0 Å². The van der Waals surface area contributed by atoms with E-state index in [1.807, 2.05) is 54.6 Å². The second-order valence-corrected chi connectivity index (χ2v) is 8.48. The second kappa shape index (κ2) is 9.97. The summed E-state index contributed by atoms with van der Waals surface area (Å²) in [5.41, 5.74) is 2.53. The Bertz CT molecular complexity index is 1140. The summed E-state index contributed by atoms with van der Waals surface area (Å²) < 4.78 is 1.48. The van der Waals surface area contributed by atoms with Crippen LogP contribution >= 0.6 is 0 Å². The maximum Gasteiger partial charge on any atom is 0.245 e. The van der Waals surface area contributed by atoms with Crippen LogP contribution in [0.1, 0.15) is 17.5 Å². The summed E-state index contributed by atoms with van der Waals surface area (Å²) in [6, 6.07) is 15.7. The van der Waals surface area contributed by atoms with Crippen LogP contribution in [-0.4, -0.2) is 64.6 Å². The van der Waals surface area contributed by atoms with Crippen molar-refractivity contribution in [1.29, 1.82) is 0 Å². The van der Waals surface area contributed by atoms with Gasteiger partial charge in [0, 0.05) is 38.1 Å². The maximum absolute atomic E-state index is 13.4. The lowest BCUT2D eigenvalue weighted by atomic mass is 10.0. The molecule has 0 saturated carbocycles. The van der Waals surface area contributed by atoms with Gasteiger partial charge in [0.1, 0.15) is 6.04 Å². The number of hydrogen-bond donors (Lipinski definition) is 3. The largest absolute Gasteiger partial charge is 0.392 e. The standard InChI is InChI=1S/C25H28N4O4/c1-28(14-17-7-3-2-4-8-17)25(33)22(27-24(32)21-12-19(31)13-26-21)11-18-15-29(16-30)23-10-6-5-9-20(18)23/h2-10,15-16,19,21-22,26,31H,11-14H2,1H3,(H,27,32)/t19-,21+,22+/m1/s1. The fourth-order valence-corrected chi connectivity index (χ4v) is 4.34. The zero-order valence-electron chi connectivity index (χ0n) is 18.5. The highest BCUT2D eigenvalue weighted by atomic mass is 16.3. The Kier molecular flexibility index (Phi) is 6.86. The van der Waals surface area contributed by atoms with Gasteiger partial charge in [0.05, 0.1) is 17.7 Å². The van der Waals surface area contributed by atoms with E-state index in [1.165, 1.54) is 4.57 Å². The van der Waals surface area contributed by atoms with Gasteiger partial charge in [-0.05, 0) is 23.6 Å². The molecule has 1 aliphatic heterocycles. The van der Waals surface area contributed by atoms with Crippen molar-refractivity contribution in [2.24, 2.45) is 0 Å². The Morgan fingerprint density at radius 3 is 2.64 bits per heavy atom. The average Bonchev–Trinajstić information content (AvgIpc) is 3.42. The van der Waals surface area contributed by atoms with Crippen molar-refractivity contribution in [2.75, 3.05) is 13.6 Å². The van der Waals surface area contributed by atoms with E-state index in [1.54, 1.807) is 18.1 Å². The predicted molar refractivity (Wildman–Crippen MR) is 125 cm³/mol. The number of para-hydroxylation sites is 1. The molecule has 8 heteroatoms. The normalized spacial score (nSPS) is 18.7. The van der Waals surface area contributed by atoms with Crippen molar-refractivity contribution in [3.8, 4) is 0 Å². The molecule has 1 saturated heterocycles. The lowest BCUT2D eigenvalue weighted by molar-refractivity contribution is -0.136. The first kappa shape index (κ1) is 22.7. The summed E-state index contributed by atoms with van der Waals surface area (Å²) in [5, 5.41) is 16.5. The quantitative estimate of drug-likeness (QED) is 0.448. The van der Waals surface area contributed by atoms with Crippen LogP contribution in [0.15, 0.2) is 60.8 Å². The fourth-order valence-electron chi connectivity index (χ4n) is 4.34. The minimum atomic E-state index is -0.823. The maximum atomic E-state index is 13.4. The number of benzene rings is 2. The van der Waals surface area contributed by atoms with Crippen LogP contribution in [-0.2, 0) is 27.3 Å². The van der Waals surface area contributed by atoms with Crippen LogP contribution in [0.25, 0.3) is 10.9 Å². The monoisotopic (exact) mass is 448 g/mol. The average molecular weight is 449 g/mol. The van der Waals surface area contributed by atoms with E-state index < -0.39 is 18.2 Å². The predicted octanol–water partition coefficient (Wildman–Crippen LogP) is 1.09. The number of likely N-dealkylation sites (N-methyl/N-ethyl adjacent to an activating group) is 1. The van der Waals surface area contributed by atoms with E-state index in [4.69, 9.17) is 0 Å². The number of hydrogen-bond acceptors (Lipinski definition) is 5. The summed E-state index contributed by atoms with van der Waals surface area (Å²) in [6.45, 7) is 0.750. The van der Waals surface area contributed by atoms with Gasteiger partial charge in [-0.1, -0.05) is 48.5 Å². The van der Waals surface area contributed by atoms with Gasteiger partial charge >= 0.3 is 0 Å². The fraction of sp³-hybridized carbons (Fsp3) is 0.320. The van der Waals surface area contributed by atoms with E-state index in [0.29, 0.717) is 19.5 Å². The van der Waals surface area contributed by atoms with Gasteiger partial charge in [-0.15, -0.1) is 0 Å². The van der Waals surface area contributed by atoms with Crippen molar-refractivity contribution < 1.29 is 19.5 Å². The molecule has 3 N–H and O–H groups in total. The number of amides is 2. The molecule has 1 aromatic heterocycles. The zero-order valence-corrected chi connectivity index (χ0v) is 18.5. The molecule has 2 amide bonds. The topological polar surface area (TPSA) is 104 Å². The molecule has 0 aliphatic carbocycles. The van der Waals surface area contributed by atoms with Gasteiger partial charge in [-0.3, -0.25) is 19.0 Å². The van der Waals surface area contributed by atoms with Crippen LogP contribution in [0.3, 0.4) is 0 Å². The third-order valence-electron chi connectivity index (χ3n) is 6.04. The summed E-state index contributed by atoms with van der Waals surface area (Å²) in [5.74, 6) is -0.550. The first-order valence-corrected chi connectivity index (χ1v) is 11.0. The van der Waals surface area contributed by atoms with Gasteiger partial charge < -0.3 is 20.6 Å². The summed E-state index contributed by atoms with van der Waals surface area (Å²) in [6.07, 6.45) is 2.39. The number of fused-ring (bicyclic) bond motifs is 1. The first-order valence-electron chi connectivity index (χ1n) is 11.0. The van der Waals surface area contributed by atoms with Gasteiger partial charge in [0.15, 0.2) is 0 Å². The van der Waals surface area contributed by atoms with E-state index in [0.717, 1.165) is 28.4 Å².